The molecule has 4 rings (SSSR count). The number of nitrogens with one attached hydrogen (secondary N) is 1. The highest BCUT2D eigenvalue weighted by molar-refractivity contribution is 7.10. The monoisotopic (exact) mass is 410 g/mol. The molecule has 6 heteroatoms. The average molecular weight is 411 g/mol. The number of anilines is 1. The molecule has 142 valence electrons. The molecule has 1 atom stereocenters. The molecule has 1 aromatic heterocycles. The molecule has 0 radical (unpaired) electrons. The van der Waals surface area contributed by atoms with Gasteiger partial charge in [0.2, 0.25) is 11.8 Å². The van der Waals surface area contributed by atoms with Crippen LogP contribution in [0.15, 0.2) is 60.0 Å². The predicted molar refractivity (Wildman–Crippen MR) is 113 cm³/mol. The number of benzene rings is 2. The molecular formula is C22H19ClN2O2S. The number of fused-ring (bicyclic) bond motifs is 1. The maximum Gasteiger partial charge on any atom is 0.244 e. The van der Waals surface area contributed by atoms with Crippen LogP contribution in [0.3, 0.4) is 0 Å². The summed E-state index contributed by atoms with van der Waals surface area (Å²) < 4.78 is 0. The lowest BCUT2D eigenvalue weighted by Crippen LogP contribution is -2.39. The van der Waals surface area contributed by atoms with E-state index in [1.165, 1.54) is 0 Å². The standard InChI is InChI=1S/C22H19ClN2O2S/c1-14-4-2-5-15(10-14)11-21(27)25-13-20(26)24-18-8-7-16(23)12-17(18)22(25)19-6-3-9-28-19/h2-10,12,22H,11,13H2,1H3,(H,24,26). The first-order valence-electron chi connectivity index (χ1n) is 8.99. The average Bonchev–Trinajstić information content (AvgIpc) is 3.13. The largest absolute Gasteiger partial charge is 0.324 e. The summed E-state index contributed by atoms with van der Waals surface area (Å²) in [6.07, 6.45) is 0.243. The van der Waals surface area contributed by atoms with Gasteiger partial charge in [0.05, 0.1) is 12.5 Å². The molecule has 4 nitrogen and oxygen atoms in total. The second-order valence-electron chi connectivity index (χ2n) is 6.89. The lowest BCUT2D eigenvalue weighted by Gasteiger charge is -2.29. The molecule has 3 aromatic rings. The third kappa shape index (κ3) is 3.81. The van der Waals surface area contributed by atoms with Gasteiger partial charge < -0.3 is 10.2 Å². The zero-order valence-electron chi connectivity index (χ0n) is 15.3. The van der Waals surface area contributed by atoms with E-state index >= 15 is 0 Å². The summed E-state index contributed by atoms with van der Waals surface area (Å²) in [5.41, 5.74) is 3.56. The number of carbonyl (C=O) groups is 2. The van der Waals surface area contributed by atoms with E-state index in [0.29, 0.717) is 10.7 Å². The molecular weight excluding hydrogens is 392 g/mol. The fourth-order valence-corrected chi connectivity index (χ4v) is 4.60. The van der Waals surface area contributed by atoms with Crippen molar-refractivity contribution in [3.8, 4) is 0 Å². The summed E-state index contributed by atoms with van der Waals surface area (Å²) in [4.78, 5) is 28.5. The molecule has 1 N–H and O–H groups in total. The van der Waals surface area contributed by atoms with Gasteiger partial charge in [-0.1, -0.05) is 47.5 Å². The Morgan fingerprint density at radius 2 is 2.07 bits per heavy atom. The minimum atomic E-state index is -0.357. The first-order valence-corrected chi connectivity index (χ1v) is 10.2. The topological polar surface area (TPSA) is 49.4 Å². The third-order valence-corrected chi connectivity index (χ3v) is 5.94. The molecule has 2 amide bonds. The first-order chi connectivity index (χ1) is 13.5. The summed E-state index contributed by atoms with van der Waals surface area (Å²) in [6, 6.07) is 16.8. The molecule has 0 saturated carbocycles. The Kier molecular flexibility index (Phi) is 5.20. The molecule has 0 fully saturated rings. The molecule has 0 spiro atoms. The van der Waals surface area contributed by atoms with Crippen LogP contribution in [0.2, 0.25) is 5.02 Å². The van der Waals surface area contributed by atoms with Crippen LogP contribution in [0, 0.1) is 6.92 Å². The number of halogens is 1. The molecule has 1 aliphatic rings. The van der Waals surface area contributed by atoms with Crippen LogP contribution in [0.1, 0.15) is 27.6 Å². The van der Waals surface area contributed by atoms with E-state index in [9.17, 15) is 9.59 Å². The number of carbonyl (C=O) groups excluding carboxylic acids is 2. The smallest absolute Gasteiger partial charge is 0.244 e. The zero-order valence-corrected chi connectivity index (χ0v) is 16.9. The SMILES string of the molecule is Cc1cccc(CC(=O)N2CC(=O)Nc3ccc(Cl)cc3C2c2cccs2)c1. The summed E-state index contributed by atoms with van der Waals surface area (Å²) in [6.45, 7) is 2.00. The van der Waals surface area contributed by atoms with Gasteiger partial charge in [-0.25, -0.2) is 0 Å². The Bertz CT molecular complexity index is 1030. The second-order valence-corrected chi connectivity index (χ2v) is 8.30. The number of amides is 2. The van der Waals surface area contributed by atoms with Crippen LogP contribution in [0.4, 0.5) is 5.69 Å². The molecule has 2 heterocycles. The zero-order chi connectivity index (χ0) is 19.7. The highest BCUT2D eigenvalue weighted by atomic mass is 35.5. The van der Waals surface area contributed by atoms with Crippen molar-refractivity contribution in [2.45, 2.75) is 19.4 Å². The summed E-state index contributed by atoms with van der Waals surface area (Å²) >= 11 is 7.82. The minimum Gasteiger partial charge on any atom is -0.324 e. The first kappa shape index (κ1) is 18.7. The third-order valence-electron chi connectivity index (χ3n) is 4.78. The van der Waals surface area contributed by atoms with Crippen molar-refractivity contribution in [1.29, 1.82) is 0 Å². The molecule has 0 aliphatic carbocycles. The van der Waals surface area contributed by atoms with Gasteiger partial charge in [0.25, 0.3) is 0 Å². The summed E-state index contributed by atoms with van der Waals surface area (Å²) in [7, 11) is 0. The summed E-state index contributed by atoms with van der Waals surface area (Å²) in [5.74, 6) is -0.299. The number of aryl methyl sites for hydroxylation is 1. The van der Waals surface area contributed by atoms with Crippen LogP contribution in [0.25, 0.3) is 0 Å². The maximum absolute atomic E-state index is 13.3. The summed E-state index contributed by atoms with van der Waals surface area (Å²) in [5, 5.41) is 5.46. The normalized spacial score (nSPS) is 16.3. The van der Waals surface area contributed by atoms with Gasteiger partial charge in [-0.05, 0) is 42.1 Å². The van der Waals surface area contributed by atoms with Gasteiger partial charge in [0.1, 0.15) is 6.54 Å². The van der Waals surface area contributed by atoms with Crippen LogP contribution in [-0.4, -0.2) is 23.3 Å². The van der Waals surface area contributed by atoms with Crippen molar-refractivity contribution < 1.29 is 9.59 Å². The van der Waals surface area contributed by atoms with Crippen molar-refractivity contribution in [2.75, 3.05) is 11.9 Å². The minimum absolute atomic E-state index is 0.000481. The number of hydrogen-bond acceptors (Lipinski definition) is 3. The van der Waals surface area contributed by atoms with Gasteiger partial charge in [-0.15, -0.1) is 11.3 Å². The quantitative estimate of drug-likeness (QED) is 0.672. The van der Waals surface area contributed by atoms with E-state index in [-0.39, 0.29) is 30.8 Å². The number of thiophene rings is 1. The van der Waals surface area contributed by atoms with Gasteiger partial charge in [0.15, 0.2) is 0 Å². The lowest BCUT2D eigenvalue weighted by atomic mass is 10.0. The molecule has 1 unspecified atom stereocenters. The Morgan fingerprint density at radius 3 is 2.82 bits per heavy atom. The van der Waals surface area contributed by atoms with Crippen molar-refractivity contribution in [3.63, 3.8) is 0 Å². The fraction of sp³-hybridized carbons (Fsp3) is 0.182. The maximum atomic E-state index is 13.3. The van der Waals surface area contributed by atoms with E-state index in [4.69, 9.17) is 11.6 Å². The van der Waals surface area contributed by atoms with Crippen molar-refractivity contribution >= 4 is 40.4 Å². The van der Waals surface area contributed by atoms with Gasteiger partial charge in [-0.3, -0.25) is 9.59 Å². The lowest BCUT2D eigenvalue weighted by molar-refractivity contribution is -0.135. The second kappa shape index (κ2) is 7.78. The highest BCUT2D eigenvalue weighted by Crippen LogP contribution is 2.39. The van der Waals surface area contributed by atoms with E-state index in [1.807, 2.05) is 54.8 Å². The van der Waals surface area contributed by atoms with Gasteiger partial charge in [0, 0.05) is 21.2 Å². The Hall–Kier alpha value is -2.63. The molecule has 1 aliphatic heterocycles. The van der Waals surface area contributed by atoms with E-state index in [1.54, 1.807) is 28.4 Å². The van der Waals surface area contributed by atoms with Crippen molar-refractivity contribution in [2.24, 2.45) is 0 Å². The number of nitrogens with zero attached hydrogens (tertiary/aromatic N) is 1. The van der Waals surface area contributed by atoms with Crippen LogP contribution in [-0.2, 0) is 16.0 Å². The van der Waals surface area contributed by atoms with Crippen LogP contribution < -0.4 is 5.32 Å². The number of hydrogen-bond donors (Lipinski definition) is 1. The Balaban J connectivity index is 1.77. The van der Waals surface area contributed by atoms with Gasteiger partial charge >= 0.3 is 0 Å². The molecule has 2 aromatic carbocycles. The molecule has 0 bridgehead atoms. The molecule has 28 heavy (non-hydrogen) atoms. The Labute approximate surface area is 172 Å². The van der Waals surface area contributed by atoms with E-state index in [2.05, 4.69) is 5.32 Å². The van der Waals surface area contributed by atoms with Crippen LogP contribution in [0.5, 0.6) is 0 Å². The van der Waals surface area contributed by atoms with E-state index < -0.39 is 0 Å². The molecule has 0 saturated heterocycles. The van der Waals surface area contributed by atoms with E-state index in [0.717, 1.165) is 21.6 Å². The van der Waals surface area contributed by atoms with Crippen molar-refractivity contribution in [1.82, 2.24) is 4.90 Å². The number of rotatable bonds is 3. The van der Waals surface area contributed by atoms with Gasteiger partial charge in [-0.2, -0.15) is 0 Å². The Morgan fingerprint density at radius 1 is 1.21 bits per heavy atom. The predicted octanol–water partition coefficient (Wildman–Crippen LogP) is 4.82. The highest BCUT2D eigenvalue weighted by Gasteiger charge is 2.34. The fourth-order valence-electron chi connectivity index (χ4n) is 3.56. The van der Waals surface area contributed by atoms with Crippen LogP contribution >= 0.6 is 22.9 Å². The van der Waals surface area contributed by atoms with Crippen molar-refractivity contribution in [3.05, 3.63) is 86.6 Å².